The van der Waals surface area contributed by atoms with E-state index >= 15 is 0 Å². The van der Waals surface area contributed by atoms with E-state index in [0.29, 0.717) is 31.6 Å². The van der Waals surface area contributed by atoms with Gasteiger partial charge in [0.15, 0.2) is 0 Å². The van der Waals surface area contributed by atoms with Gasteiger partial charge in [0, 0.05) is 91.3 Å². The van der Waals surface area contributed by atoms with Crippen LogP contribution in [0.3, 0.4) is 0 Å². The van der Waals surface area contributed by atoms with Crippen LogP contribution in [-0.4, -0.2) is 114 Å². The van der Waals surface area contributed by atoms with Gasteiger partial charge in [-0.05, 0) is 39.2 Å². The Bertz CT molecular complexity index is 774. The van der Waals surface area contributed by atoms with Crippen LogP contribution in [0.4, 0.5) is 4.79 Å². The number of likely N-dealkylation sites (N-methyl/N-ethyl adjacent to an activating group) is 1. The first-order valence-electron chi connectivity index (χ1n) is 11.8. The molecule has 0 spiro atoms. The maximum atomic E-state index is 12.7. The summed E-state index contributed by atoms with van der Waals surface area (Å²) in [4.78, 5) is 33.1. The zero-order chi connectivity index (χ0) is 23.3. The smallest absolute Gasteiger partial charge is 0.319 e. The van der Waals surface area contributed by atoms with Crippen molar-refractivity contribution in [2.24, 2.45) is 0 Å². The first-order valence-corrected chi connectivity index (χ1v) is 11.8. The zero-order valence-corrected chi connectivity index (χ0v) is 20.4. The molecule has 2 aliphatic rings. The molecule has 3 heterocycles. The molecule has 3 rings (SSSR count). The highest BCUT2D eigenvalue weighted by Crippen LogP contribution is 2.23. The van der Waals surface area contributed by atoms with Crippen LogP contribution in [0.5, 0.6) is 0 Å². The SMILES string of the molecule is Cc1cc(C)n(CCC(=O)N(C)CCN(C2CCOCC2)C2CCN(C(=O)N(C)C)C2)n1. The maximum Gasteiger partial charge on any atom is 0.319 e. The molecule has 0 aliphatic carbocycles. The van der Waals surface area contributed by atoms with Gasteiger partial charge in [-0.25, -0.2) is 4.79 Å². The molecule has 1 aromatic heterocycles. The number of amides is 3. The van der Waals surface area contributed by atoms with Gasteiger partial charge in [-0.2, -0.15) is 5.10 Å². The average molecular weight is 449 g/mol. The zero-order valence-electron chi connectivity index (χ0n) is 20.4. The Morgan fingerprint density at radius 2 is 1.81 bits per heavy atom. The lowest BCUT2D eigenvalue weighted by molar-refractivity contribution is -0.130. The molecule has 1 atom stereocenters. The summed E-state index contributed by atoms with van der Waals surface area (Å²) in [7, 11) is 5.50. The first kappa shape index (κ1) is 24.5. The van der Waals surface area contributed by atoms with E-state index in [1.54, 1.807) is 19.0 Å². The summed E-state index contributed by atoms with van der Waals surface area (Å²) in [5.41, 5.74) is 2.07. The number of aryl methyl sites for hydroxylation is 3. The van der Waals surface area contributed by atoms with Crippen molar-refractivity contribution < 1.29 is 14.3 Å². The van der Waals surface area contributed by atoms with Crippen LogP contribution in [0.1, 0.15) is 37.1 Å². The lowest BCUT2D eigenvalue weighted by atomic mass is 10.0. The number of nitrogens with zero attached hydrogens (tertiary/aromatic N) is 6. The number of aromatic nitrogens is 2. The largest absolute Gasteiger partial charge is 0.381 e. The minimum atomic E-state index is 0.0795. The standard InChI is InChI=1S/C23H40N6O3/c1-18-16-19(2)29(24-18)11-7-22(30)26(5)12-13-28(20-8-14-32-15-9-20)21-6-10-27(17-21)23(31)25(3)4/h16,20-21H,6-15,17H2,1-5H3. The molecule has 2 saturated heterocycles. The summed E-state index contributed by atoms with van der Waals surface area (Å²) in [5.74, 6) is 0.139. The Hall–Kier alpha value is -2.13. The predicted octanol–water partition coefficient (Wildman–Crippen LogP) is 1.59. The van der Waals surface area contributed by atoms with Gasteiger partial charge < -0.3 is 19.4 Å². The molecule has 0 saturated carbocycles. The van der Waals surface area contributed by atoms with Crippen LogP contribution in [0.15, 0.2) is 6.07 Å². The summed E-state index contributed by atoms with van der Waals surface area (Å²) in [6, 6.07) is 2.89. The van der Waals surface area contributed by atoms with Crippen molar-refractivity contribution in [2.75, 3.05) is 60.5 Å². The quantitative estimate of drug-likeness (QED) is 0.604. The molecule has 1 unspecified atom stereocenters. The van der Waals surface area contributed by atoms with Crippen LogP contribution < -0.4 is 0 Å². The van der Waals surface area contributed by atoms with E-state index in [2.05, 4.69) is 10.00 Å². The second-order valence-electron chi connectivity index (χ2n) is 9.36. The number of carbonyl (C=O) groups excluding carboxylic acids is 2. The first-order chi connectivity index (χ1) is 15.3. The van der Waals surface area contributed by atoms with Gasteiger partial charge in [0.2, 0.25) is 5.91 Å². The predicted molar refractivity (Wildman–Crippen MR) is 124 cm³/mol. The van der Waals surface area contributed by atoms with Crippen LogP contribution in [0.25, 0.3) is 0 Å². The molecular formula is C23H40N6O3. The maximum absolute atomic E-state index is 12.7. The third-order valence-corrected chi connectivity index (χ3v) is 6.71. The topological polar surface area (TPSA) is 74.2 Å². The molecule has 0 N–H and O–H groups in total. The van der Waals surface area contributed by atoms with Crippen LogP contribution in [-0.2, 0) is 16.1 Å². The van der Waals surface area contributed by atoms with Crippen molar-refractivity contribution in [3.8, 4) is 0 Å². The number of hydrogen-bond donors (Lipinski definition) is 0. The molecular weight excluding hydrogens is 408 g/mol. The van der Waals surface area contributed by atoms with E-state index in [9.17, 15) is 9.59 Å². The molecule has 9 heteroatoms. The van der Waals surface area contributed by atoms with Gasteiger partial charge in [0.25, 0.3) is 0 Å². The number of urea groups is 1. The fourth-order valence-corrected chi connectivity index (χ4v) is 4.83. The normalized spacial score (nSPS) is 19.6. The van der Waals surface area contributed by atoms with E-state index in [-0.39, 0.29) is 11.9 Å². The minimum Gasteiger partial charge on any atom is -0.381 e. The van der Waals surface area contributed by atoms with E-state index in [0.717, 1.165) is 63.5 Å². The molecule has 1 aromatic rings. The fourth-order valence-electron chi connectivity index (χ4n) is 4.83. The van der Waals surface area contributed by atoms with Gasteiger partial charge in [-0.15, -0.1) is 0 Å². The monoisotopic (exact) mass is 448 g/mol. The van der Waals surface area contributed by atoms with E-state index in [1.165, 1.54) is 0 Å². The molecule has 0 aromatic carbocycles. The Morgan fingerprint density at radius 3 is 2.44 bits per heavy atom. The van der Waals surface area contributed by atoms with Crippen molar-refractivity contribution >= 4 is 11.9 Å². The van der Waals surface area contributed by atoms with E-state index in [4.69, 9.17) is 4.74 Å². The molecule has 2 aliphatic heterocycles. The minimum absolute atomic E-state index is 0.0795. The third kappa shape index (κ3) is 6.22. The molecule has 9 nitrogen and oxygen atoms in total. The molecule has 3 amide bonds. The summed E-state index contributed by atoms with van der Waals surface area (Å²) >= 11 is 0. The number of hydrogen-bond acceptors (Lipinski definition) is 5. The number of likely N-dealkylation sites (tertiary alicyclic amines) is 1. The van der Waals surface area contributed by atoms with Gasteiger partial charge >= 0.3 is 6.03 Å². The van der Waals surface area contributed by atoms with Crippen LogP contribution in [0.2, 0.25) is 0 Å². The van der Waals surface area contributed by atoms with Crippen molar-refractivity contribution in [1.82, 2.24) is 29.4 Å². The molecule has 180 valence electrons. The van der Waals surface area contributed by atoms with Crippen molar-refractivity contribution in [3.05, 3.63) is 17.5 Å². The van der Waals surface area contributed by atoms with E-state index in [1.807, 2.05) is 41.4 Å². The Morgan fingerprint density at radius 1 is 1.09 bits per heavy atom. The van der Waals surface area contributed by atoms with Gasteiger partial charge in [0.1, 0.15) is 0 Å². The second kappa shape index (κ2) is 11.1. The van der Waals surface area contributed by atoms with Crippen LogP contribution >= 0.6 is 0 Å². The summed E-state index contributed by atoms with van der Waals surface area (Å²) in [6.07, 6.45) is 3.44. The number of carbonyl (C=O) groups is 2. The summed E-state index contributed by atoms with van der Waals surface area (Å²) in [5, 5.41) is 4.45. The van der Waals surface area contributed by atoms with E-state index < -0.39 is 0 Å². The number of ether oxygens (including phenoxy) is 1. The van der Waals surface area contributed by atoms with Gasteiger partial charge in [0.05, 0.1) is 5.69 Å². The molecule has 2 fully saturated rings. The van der Waals surface area contributed by atoms with Crippen molar-refractivity contribution in [3.63, 3.8) is 0 Å². The molecule has 32 heavy (non-hydrogen) atoms. The van der Waals surface area contributed by atoms with Crippen LogP contribution in [0, 0.1) is 13.8 Å². The Labute approximate surface area is 192 Å². The summed E-state index contributed by atoms with van der Waals surface area (Å²) in [6.45, 7) is 9.22. The van der Waals surface area contributed by atoms with Gasteiger partial charge in [-0.3, -0.25) is 14.4 Å². The van der Waals surface area contributed by atoms with Crippen molar-refractivity contribution in [1.29, 1.82) is 0 Å². The van der Waals surface area contributed by atoms with Gasteiger partial charge in [-0.1, -0.05) is 0 Å². The highest BCUT2D eigenvalue weighted by molar-refractivity contribution is 5.75. The number of rotatable bonds is 8. The highest BCUT2D eigenvalue weighted by Gasteiger charge is 2.35. The Balaban J connectivity index is 1.55. The second-order valence-corrected chi connectivity index (χ2v) is 9.36. The lowest BCUT2D eigenvalue weighted by Gasteiger charge is -2.39. The molecule has 0 radical (unpaired) electrons. The highest BCUT2D eigenvalue weighted by atomic mass is 16.5. The Kier molecular flexibility index (Phi) is 8.53. The fraction of sp³-hybridized carbons (Fsp3) is 0.783. The molecule has 0 bridgehead atoms. The lowest BCUT2D eigenvalue weighted by Crippen LogP contribution is -2.50. The van der Waals surface area contributed by atoms with Crippen molar-refractivity contribution in [2.45, 2.75) is 58.2 Å². The third-order valence-electron chi connectivity index (χ3n) is 6.71. The summed E-state index contributed by atoms with van der Waals surface area (Å²) < 4.78 is 7.49. The average Bonchev–Trinajstić information content (AvgIpc) is 3.38.